The fraction of sp³-hybridized carbons (Fsp3) is 0.286. The zero-order chi connectivity index (χ0) is 18.7. The Balaban J connectivity index is 2.05. The molecule has 0 aliphatic heterocycles. The number of aromatic nitrogens is 1. The number of benzene rings is 2. The summed E-state index contributed by atoms with van der Waals surface area (Å²) in [5.41, 5.74) is 2.71. The minimum Gasteiger partial charge on any atom is -0.497 e. The second-order valence-corrected chi connectivity index (χ2v) is 7.52. The van der Waals surface area contributed by atoms with Gasteiger partial charge in [-0.2, -0.15) is 0 Å². The van der Waals surface area contributed by atoms with Crippen LogP contribution in [0.4, 0.5) is 0 Å². The summed E-state index contributed by atoms with van der Waals surface area (Å²) in [5, 5.41) is 4.08. The van der Waals surface area contributed by atoms with Crippen molar-refractivity contribution in [1.82, 2.24) is 10.3 Å². The first-order valence-electron chi connectivity index (χ1n) is 8.77. The van der Waals surface area contributed by atoms with Gasteiger partial charge in [0, 0.05) is 22.4 Å². The number of H-pyrrole nitrogens is 1. The van der Waals surface area contributed by atoms with E-state index >= 15 is 0 Å². The predicted molar refractivity (Wildman–Crippen MR) is 107 cm³/mol. The third-order valence-corrected chi connectivity index (χ3v) is 5.55. The second kappa shape index (κ2) is 7.87. The van der Waals surface area contributed by atoms with Crippen molar-refractivity contribution in [2.45, 2.75) is 43.0 Å². The lowest BCUT2D eigenvalue weighted by Crippen LogP contribution is -2.32. The first-order chi connectivity index (χ1) is 12.5. The fourth-order valence-corrected chi connectivity index (χ4v) is 3.71. The molecule has 2 aromatic carbocycles. The van der Waals surface area contributed by atoms with E-state index in [1.807, 2.05) is 25.1 Å². The Hall–Kier alpha value is -2.40. The maximum atomic E-state index is 12.8. The summed E-state index contributed by atoms with van der Waals surface area (Å²) in [7, 11) is 1.64. The Morgan fingerprint density at radius 2 is 1.96 bits per heavy atom. The number of nitrogens with one attached hydrogen (secondary N) is 2. The van der Waals surface area contributed by atoms with Crippen LogP contribution in [0.25, 0.3) is 10.9 Å². The number of fused-ring (bicyclic) bond motifs is 1. The Bertz CT molecular complexity index is 916. The van der Waals surface area contributed by atoms with Gasteiger partial charge in [0.1, 0.15) is 11.4 Å². The number of aromatic amines is 1. The smallest absolute Gasteiger partial charge is 0.269 e. The zero-order valence-electron chi connectivity index (χ0n) is 15.6. The molecule has 26 heavy (non-hydrogen) atoms. The molecule has 1 aromatic heterocycles. The lowest BCUT2D eigenvalue weighted by Gasteiger charge is -2.11. The van der Waals surface area contributed by atoms with Gasteiger partial charge in [-0.15, -0.1) is 0 Å². The number of amides is 1. The van der Waals surface area contributed by atoms with Gasteiger partial charge in [0.05, 0.1) is 17.5 Å². The largest absolute Gasteiger partial charge is 0.497 e. The van der Waals surface area contributed by atoms with Crippen molar-refractivity contribution >= 4 is 28.6 Å². The lowest BCUT2D eigenvalue weighted by atomic mass is 10.2. The third kappa shape index (κ3) is 3.88. The van der Waals surface area contributed by atoms with Crippen LogP contribution in [-0.2, 0) is 0 Å². The molecule has 0 saturated heterocycles. The van der Waals surface area contributed by atoms with E-state index in [0.29, 0.717) is 5.69 Å². The predicted octanol–water partition coefficient (Wildman–Crippen LogP) is 5.16. The molecule has 5 heteroatoms. The zero-order valence-corrected chi connectivity index (χ0v) is 16.4. The van der Waals surface area contributed by atoms with Gasteiger partial charge in [-0.3, -0.25) is 4.79 Å². The summed E-state index contributed by atoms with van der Waals surface area (Å²) < 4.78 is 5.32. The van der Waals surface area contributed by atoms with Crippen LogP contribution in [0.15, 0.2) is 52.3 Å². The van der Waals surface area contributed by atoms with E-state index in [4.69, 9.17) is 4.74 Å². The molecular weight excluding hydrogens is 344 g/mol. The van der Waals surface area contributed by atoms with Gasteiger partial charge < -0.3 is 15.0 Å². The van der Waals surface area contributed by atoms with Crippen molar-refractivity contribution in [2.24, 2.45) is 0 Å². The molecule has 0 spiro atoms. The van der Waals surface area contributed by atoms with Gasteiger partial charge in [-0.25, -0.2) is 0 Å². The Morgan fingerprint density at radius 3 is 2.62 bits per heavy atom. The highest BCUT2D eigenvalue weighted by atomic mass is 32.2. The van der Waals surface area contributed by atoms with Crippen LogP contribution in [0.5, 0.6) is 5.75 Å². The summed E-state index contributed by atoms with van der Waals surface area (Å²) in [6.45, 7) is 6.14. The number of hydrogen-bond acceptors (Lipinski definition) is 3. The molecule has 0 fully saturated rings. The van der Waals surface area contributed by atoms with E-state index in [-0.39, 0.29) is 11.9 Å². The van der Waals surface area contributed by atoms with Gasteiger partial charge in [-0.1, -0.05) is 36.4 Å². The van der Waals surface area contributed by atoms with Gasteiger partial charge in [-0.05, 0) is 44.5 Å². The Kier molecular flexibility index (Phi) is 5.57. The van der Waals surface area contributed by atoms with E-state index in [0.717, 1.165) is 32.9 Å². The summed E-state index contributed by atoms with van der Waals surface area (Å²) in [6, 6.07) is 14.3. The Morgan fingerprint density at radius 1 is 1.23 bits per heavy atom. The molecule has 0 unspecified atom stereocenters. The van der Waals surface area contributed by atoms with Gasteiger partial charge in [0.25, 0.3) is 5.91 Å². The molecule has 0 saturated carbocycles. The molecule has 3 rings (SSSR count). The van der Waals surface area contributed by atoms with E-state index in [9.17, 15) is 4.79 Å². The summed E-state index contributed by atoms with van der Waals surface area (Å²) >= 11 is 1.60. The molecule has 1 amide bonds. The molecule has 136 valence electrons. The first kappa shape index (κ1) is 18.4. The highest BCUT2D eigenvalue weighted by Crippen LogP contribution is 2.38. The van der Waals surface area contributed by atoms with Crippen molar-refractivity contribution in [3.05, 3.63) is 53.7 Å². The van der Waals surface area contributed by atoms with Crippen molar-refractivity contribution in [2.75, 3.05) is 7.11 Å². The van der Waals surface area contributed by atoms with Crippen LogP contribution in [0.2, 0.25) is 0 Å². The van der Waals surface area contributed by atoms with Gasteiger partial charge in [0.15, 0.2) is 0 Å². The molecule has 1 atom stereocenters. The monoisotopic (exact) mass is 368 g/mol. The number of aryl methyl sites for hydroxylation is 1. The maximum absolute atomic E-state index is 12.8. The topological polar surface area (TPSA) is 54.1 Å². The molecule has 1 heterocycles. The van der Waals surface area contributed by atoms with E-state index < -0.39 is 0 Å². The molecular formula is C21H24N2O2S. The number of methoxy groups -OCH3 is 1. The number of rotatable bonds is 6. The van der Waals surface area contributed by atoms with Crippen LogP contribution < -0.4 is 10.1 Å². The molecule has 3 aromatic rings. The van der Waals surface area contributed by atoms with Crippen molar-refractivity contribution in [3.8, 4) is 5.75 Å². The van der Waals surface area contributed by atoms with Crippen molar-refractivity contribution in [1.29, 1.82) is 0 Å². The standard InChI is InChI=1S/C21H24N2O2S/c1-5-14(3)22-21(24)19-20(26-16-9-6-13(2)7-10-16)17-11-8-15(25-4)12-18(17)23-19/h6-12,14,23H,5H2,1-4H3,(H,22,24)/t14-/m1/s1. The summed E-state index contributed by atoms with van der Waals surface area (Å²) in [4.78, 5) is 18.1. The lowest BCUT2D eigenvalue weighted by molar-refractivity contribution is 0.0932. The van der Waals surface area contributed by atoms with Crippen LogP contribution in [0, 0.1) is 6.92 Å². The van der Waals surface area contributed by atoms with Crippen LogP contribution in [0.1, 0.15) is 36.3 Å². The highest BCUT2D eigenvalue weighted by molar-refractivity contribution is 7.99. The molecule has 4 nitrogen and oxygen atoms in total. The van der Waals surface area contributed by atoms with Crippen LogP contribution >= 0.6 is 11.8 Å². The van der Waals surface area contributed by atoms with Crippen molar-refractivity contribution in [3.63, 3.8) is 0 Å². The number of carbonyl (C=O) groups excluding carboxylic acids is 1. The molecule has 0 radical (unpaired) electrons. The van der Waals surface area contributed by atoms with Gasteiger partial charge in [0.2, 0.25) is 0 Å². The second-order valence-electron chi connectivity index (χ2n) is 6.44. The molecule has 0 bridgehead atoms. The maximum Gasteiger partial charge on any atom is 0.269 e. The summed E-state index contributed by atoms with van der Waals surface area (Å²) in [6.07, 6.45) is 0.889. The van der Waals surface area contributed by atoms with Crippen LogP contribution in [0.3, 0.4) is 0 Å². The molecule has 0 aliphatic carbocycles. The minimum atomic E-state index is -0.0795. The normalized spacial score (nSPS) is 12.2. The van der Waals surface area contributed by atoms with E-state index in [1.165, 1.54) is 5.56 Å². The van der Waals surface area contributed by atoms with Crippen molar-refractivity contribution < 1.29 is 9.53 Å². The number of hydrogen-bond donors (Lipinski definition) is 2. The minimum absolute atomic E-state index is 0.0795. The highest BCUT2D eigenvalue weighted by Gasteiger charge is 2.20. The van der Waals surface area contributed by atoms with E-state index in [1.54, 1.807) is 18.9 Å². The van der Waals surface area contributed by atoms with Crippen LogP contribution in [-0.4, -0.2) is 24.0 Å². The van der Waals surface area contributed by atoms with Gasteiger partial charge >= 0.3 is 0 Å². The first-order valence-corrected chi connectivity index (χ1v) is 9.58. The summed E-state index contributed by atoms with van der Waals surface area (Å²) in [5.74, 6) is 0.684. The number of ether oxygens (including phenoxy) is 1. The average Bonchev–Trinajstić information content (AvgIpc) is 3.01. The number of carbonyl (C=O) groups is 1. The fourth-order valence-electron chi connectivity index (χ4n) is 2.67. The molecule has 2 N–H and O–H groups in total. The Labute approximate surface area is 158 Å². The quantitative estimate of drug-likeness (QED) is 0.631. The SMILES string of the molecule is CC[C@@H](C)NC(=O)c1[nH]c2cc(OC)ccc2c1Sc1ccc(C)cc1. The average molecular weight is 369 g/mol. The third-order valence-electron chi connectivity index (χ3n) is 4.42. The molecule has 0 aliphatic rings. The van der Waals surface area contributed by atoms with E-state index in [2.05, 4.69) is 48.4 Å².